The normalized spacial score (nSPS) is 15.4. The summed E-state index contributed by atoms with van der Waals surface area (Å²) in [5, 5.41) is 2.72. The summed E-state index contributed by atoms with van der Waals surface area (Å²) in [5.41, 5.74) is 3.60. The molecule has 0 aliphatic carbocycles. The van der Waals surface area contributed by atoms with Gasteiger partial charge in [0.05, 0.1) is 5.69 Å². The van der Waals surface area contributed by atoms with E-state index < -0.39 is 11.8 Å². The van der Waals surface area contributed by atoms with Crippen LogP contribution in [0.5, 0.6) is 0 Å². The molecule has 1 saturated heterocycles. The van der Waals surface area contributed by atoms with Crippen LogP contribution in [0.1, 0.15) is 16.7 Å². The fourth-order valence-corrected chi connectivity index (χ4v) is 4.32. The molecule has 1 heterocycles. The van der Waals surface area contributed by atoms with Gasteiger partial charge in [-0.15, -0.1) is 0 Å². The average molecular weight is 445 g/mol. The van der Waals surface area contributed by atoms with Gasteiger partial charge in [0.1, 0.15) is 5.57 Å². The number of anilines is 1. The van der Waals surface area contributed by atoms with Gasteiger partial charge in [-0.2, -0.15) is 0 Å². The minimum atomic E-state index is -0.488. The van der Waals surface area contributed by atoms with E-state index >= 15 is 0 Å². The maximum atomic E-state index is 13.1. The first-order valence-electron chi connectivity index (χ1n) is 9.74. The monoisotopic (exact) mass is 444 g/mol. The fraction of sp³-hybridized carbons (Fsp3) is 0.0800. The molecule has 6 heteroatoms. The van der Waals surface area contributed by atoms with Crippen molar-refractivity contribution in [2.45, 2.75) is 23.6 Å². The van der Waals surface area contributed by atoms with Crippen molar-refractivity contribution in [2.75, 3.05) is 4.90 Å². The molecule has 0 bridgehead atoms. The van der Waals surface area contributed by atoms with Crippen molar-refractivity contribution in [1.29, 1.82) is 0 Å². The number of hydrogen-bond donors (Lipinski definition) is 1. The first-order valence-corrected chi connectivity index (χ1v) is 11.0. The van der Waals surface area contributed by atoms with Crippen molar-refractivity contribution in [2.24, 2.45) is 0 Å². The van der Waals surface area contributed by atoms with Gasteiger partial charge < -0.3 is 0 Å². The molecular weight excluding hydrogens is 424 g/mol. The van der Waals surface area contributed by atoms with E-state index in [2.05, 4.69) is 36.5 Å². The number of amides is 2. The average Bonchev–Trinajstić information content (AvgIpc) is 2.75. The molecule has 2 amide bonds. The molecule has 0 radical (unpaired) electrons. The molecule has 31 heavy (non-hydrogen) atoms. The summed E-state index contributed by atoms with van der Waals surface area (Å²) >= 11 is 6.93. The third-order valence-corrected chi connectivity index (χ3v) is 6.21. The summed E-state index contributed by atoms with van der Waals surface area (Å²) < 4.78 is 0. The van der Waals surface area contributed by atoms with Gasteiger partial charge in [-0.1, -0.05) is 59.8 Å². The first kappa shape index (κ1) is 21.0. The Kier molecular flexibility index (Phi) is 6.02. The van der Waals surface area contributed by atoms with Gasteiger partial charge in [0, 0.05) is 9.79 Å². The number of nitrogens with one attached hydrogen (secondary N) is 1. The summed E-state index contributed by atoms with van der Waals surface area (Å²) in [6.07, 6.45) is 1.60. The molecule has 3 aromatic carbocycles. The number of nitrogens with zero attached hydrogens (tertiary/aromatic N) is 1. The molecule has 1 aliphatic rings. The standard InChI is InChI=1S/C25H20N2O2S2/c1-16-7-11-19(12-8-16)31-20-13-9-18(10-14-20)15-21-23(28)26-25(30)27(24(21)29)22-6-4-3-5-17(22)2/h3-15H,1-2H3,(H,26,28,30)/b21-15+. The van der Waals surface area contributed by atoms with Gasteiger partial charge in [-0.25, -0.2) is 0 Å². The maximum absolute atomic E-state index is 13.1. The van der Waals surface area contributed by atoms with Crippen LogP contribution in [0.3, 0.4) is 0 Å². The predicted molar refractivity (Wildman–Crippen MR) is 129 cm³/mol. The molecular formula is C25H20N2O2S2. The van der Waals surface area contributed by atoms with Crippen LogP contribution >= 0.6 is 24.0 Å². The summed E-state index contributed by atoms with van der Waals surface area (Å²) in [7, 11) is 0. The number of carbonyl (C=O) groups is 2. The molecule has 0 unspecified atom stereocenters. The minimum Gasteiger partial charge on any atom is -0.298 e. The topological polar surface area (TPSA) is 49.4 Å². The van der Waals surface area contributed by atoms with Gasteiger partial charge in [0.2, 0.25) is 0 Å². The number of benzene rings is 3. The van der Waals surface area contributed by atoms with E-state index in [4.69, 9.17) is 12.2 Å². The van der Waals surface area contributed by atoms with Crippen molar-refractivity contribution in [1.82, 2.24) is 5.32 Å². The number of para-hydroxylation sites is 1. The molecule has 1 N–H and O–H groups in total. The van der Waals surface area contributed by atoms with Crippen LogP contribution < -0.4 is 10.2 Å². The van der Waals surface area contributed by atoms with Crippen LogP contribution in [0.4, 0.5) is 5.69 Å². The Morgan fingerprint density at radius 1 is 0.871 bits per heavy atom. The summed E-state index contributed by atoms with van der Waals surface area (Å²) in [5.74, 6) is -0.918. The van der Waals surface area contributed by atoms with Gasteiger partial charge in [0.15, 0.2) is 5.11 Å². The second-order valence-electron chi connectivity index (χ2n) is 7.23. The Bertz CT molecular complexity index is 1200. The van der Waals surface area contributed by atoms with Crippen LogP contribution in [0.15, 0.2) is 88.2 Å². The summed E-state index contributed by atoms with van der Waals surface area (Å²) in [6.45, 7) is 3.96. The largest absolute Gasteiger partial charge is 0.298 e. The quantitative estimate of drug-likeness (QED) is 0.338. The Balaban J connectivity index is 1.58. The number of rotatable bonds is 4. The van der Waals surface area contributed by atoms with Crippen LogP contribution in [0.2, 0.25) is 0 Å². The van der Waals surface area contributed by atoms with E-state index in [1.807, 2.05) is 55.5 Å². The zero-order chi connectivity index (χ0) is 22.0. The minimum absolute atomic E-state index is 0.0517. The molecule has 3 aromatic rings. The smallest absolute Gasteiger partial charge is 0.270 e. The van der Waals surface area contributed by atoms with Crippen molar-refractivity contribution in [3.8, 4) is 0 Å². The lowest BCUT2D eigenvalue weighted by atomic mass is 10.1. The molecule has 0 aromatic heterocycles. The van der Waals surface area contributed by atoms with Crippen molar-refractivity contribution < 1.29 is 9.59 Å². The van der Waals surface area contributed by atoms with E-state index in [0.717, 1.165) is 20.9 Å². The summed E-state index contributed by atoms with van der Waals surface area (Å²) in [4.78, 5) is 29.2. The molecule has 0 saturated carbocycles. The Labute approximate surface area is 191 Å². The highest BCUT2D eigenvalue weighted by molar-refractivity contribution is 7.99. The van der Waals surface area contributed by atoms with E-state index in [1.54, 1.807) is 17.8 Å². The van der Waals surface area contributed by atoms with E-state index in [0.29, 0.717) is 5.69 Å². The lowest BCUT2D eigenvalue weighted by molar-refractivity contribution is -0.122. The van der Waals surface area contributed by atoms with Crippen LogP contribution in [0, 0.1) is 13.8 Å². The highest BCUT2D eigenvalue weighted by Crippen LogP contribution is 2.29. The SMILES string of the molecule is Cc1ccc(Sc2ccc(/C=C3\C(=O)NC(=S)N(c4ccccc4C)C3=O)cc2)cc1. The molecule has 0 spiro atoms. The maximum Gasteiger partial charge on any atom is 0.270 e. The Morgan fingerprint density at radius 3 is 2.13 bits per heavy atom. The second kappa shape index (κ2) is 8.88. The molecule has 4 nitrogen and oxygen atoms in total. The third kappa shape index (κ3) is 4.60. The van der Waals surface area contributed by atoms with Crippen molar-refractivity contribution >= 4 is 52.7 Å². The van der Waals surface area contributed by atoms with E-state index in [9.17, 15) is 9.59 Å². The number of aryl methyl sites for hydroxylation is 2. The highest BCUT2D eigenvalue weighted by Gasteiger charge is 2.34. The second-order valence-corrected chi connectivity index (χ2v) is 8.76. The number of hydrogen-bond acceptors (Lipinski definition) is 4. The zero-order valence-electron chi connectivity index (χ0n) is 17.1. The molecule has 4 rings (SSSR count). The Morgan fingerprint density at radius 2 is 1.48 bits per heavy atom. The molecule has 154 valence electrons. The van der Waals surface area contributed by atoms with Gasteiger partial charge in [-0.05, 0) is 73.6 Å². The first-order chi connectivity index (χ1) is 14.9. The van der Waals surface area contributed by atoms with Crippen LogP contribution in [-0.2, 0) is 9.59 Å². The molecule has 1 aliphatic heterocycles. The van der Waals surface area contributed by atoms with Crippen LogP contribution in [-0.4, -0.2) is 16.9 Å². The third-order valence-electron chi connectivity index (χ3n) is 4.91. The van der Waals surface area contributed by atoms with Gasteiger partial charge >= 0.3 is 0 Å². The lowest BCUT2D eigenvalue weighted by Crippen LogP contribution is -2.54. The highest BCUT2D eigenvalue weighted by atomic mass is 32.2. The van der Waals surface area contributed by atoms with Gasteiger partial charge in [0.25, 0.3) is 11.8 Å². The molecule has 0 atom stereocenters. The fourth-order valence-electron chi connectivity index (χ4n) is 3.23. The van der Waals surface area contributed by atoms with Gasteiger partial charge in [-0.3, -0.25) is 19.8 Å². The molecule has 1 fully saturated rings. The van der Waals surface area contributed by atoms with E-state index in [-0.39, 0.29) is 10.7 Å². The predicted octanol–water partition coefficient (Wildman–Crippen LogP) is 5.29. The number of thiocarbonyl (C=S) groups is 1. The van der Waals surface area contributed by atoms with Crippen molar-refractivity contribution in [3.63, 3.8) is 0 Å². The lowest BCUT2D eigenvalue weighted by Gasteiger charge is -2.30. The number of carbonyl (C=O) groups excluding carboxylic acids is 2. The zero-order valence-corrected chi connectivity index (χ0v) is 18.7. The van der Waals surface area contributed by atoms with Crippen LogP contribution in [0.25, 0.3) is 6.08 Å². The van der Waals surface area contributed by atoms with Crippen molar-refractivity contribution in [3.05, 3.63) is 95.1 Å². The summed E-state index contributed by atoms with van der Waals surface area (Å²) in [6, 6.07) is 23.5. The van der Waals surface area contributed by atoms with E-state index in [1.165, 1.54) is 10.5 Å². The Hall–Kier alpha value is -3.22.